The van der Waals surface area contributed by atoms with Crippen LogP contribution in [-0.2, 0) is 16.0 Å². The van der Waals surface area contributed by atoms with E-state index in [1.807, 2.05) is 0 Å². The van der Waals surface area contributed by atoms with Crippen molar-refractivity contribution in [2.45, 2.75) is 19.3 Å². The molecule has 1 saturated carbocycles. The molecule has 146 valence electrons. The molecular formula is C21H22FN3O3. The molecule has 0 unspecified atom stereocenters. The van der Waals surface area contributed by atoms with E-state index in [1.54, 1.807) is 36.4 Å². The minimum absolute atomic E-state index is 0.0509. The van der Waals surface area contributed by atoms with Crippen LogP contribution in [0.3, 0.4) is 0 Å². The molecule has 1 aliphatic rings. The average molecular weight is 383 g/mol. The Balaban J connectivity index is 1.41. The standard InChI is InChI=1S/C21H22FN3O3/c22-17-7-1-14(2-8-17)13-19(26)25-18-9-5-16(6-10-18)21(28)24-12-11-23-20(27)15-3-4-15/h1-2,5-10,15H,3-4,11-13H2,(H,23,27)(H,24,28)(H,25,26). The third kappa shape index (κ3) is 5.90. The highest BCUT2D eigenvalue weighted by molar-refractivity contribution is 5.96. The Hall–Kier alpha value is -3.22. The average Bonchev–Trinajstić information content (AvgIpc) is 3.52. The van der Waals surface area contributed by atoms with E-state index in [1.165, 1.54) is 12.1 Å². The van der Waals surface area contributed by atoms with Crippen LogP contribution in [0.4, 0.5) is 10.1 Å². The minimum Gasteiger partial charge on any atom is -0.354 e. The molecule has 0 spiro atoms. The van der Waals surface area contributed by atoms with Crippen molar-refractivity contribution >= 4 is 23.4 Å². The second-order valence-corrected chi connectivity index (χ2v) is 6.75. The van der Waals surface area contributed by atoms with Crippen LogP contribution in [0.1, 0.15) is 28.8 Å². The molecule has 7 heteroatoms. The number of amides is 3. The summed E-state index contributed by atoms with van der Waals surface area (Å²) < 4.78 is 12.9. The molecule has 2 aromatic carbocycles. The lowest BCUT2D eigenvalue weighted by atomic mass is 10.1. The number of halogens is 1. The van der Waals surface area contributed by atoms with Crippen molar-refractivity contribution in [2.24, 2.45) is 5.92 Å². The zero-order valence-corrected chi connectivity index (χ0v) is 15.3. The zero-order valence-electron chi connectivity index (χ0n) is 15.3. The van der Waals surface area contributed by atoms with Gasteiger partial charge in [-0.1, -0.05) is 12.1 Å². The molecule has 0 atom stereocenters. The molecule has 0 heterocycles. The first-order chi connectivity index (χ1) is 13.5. The van der Waals surface area contributed by atoms with Crippen LogP contribution in [0.25, 0.3) is 0 Å². The summed E-state index contributed by atoms with van der Waals surface area (Å²) in [6, 6.07) is 12.3. The molecule has 1 fully saturated rings. The van der Waals surface area contributed by atoms with Gasteiger partial charge in [0.25, 0.3) is 5.91 Å². The number of nitrogens with one attached hydrogen (secondary N) is 3. The van der Waals surface area contributed by atoms with Crippen molar-refractivity contribution in [3.05, 3.63) is 65.5 Å². The number of rotatable bonds is 8. The van der Waals surface area contributed by atoms with E-state index >= 15 is 0 Å². The Kier molecular flexibility index (Phi) is 6.37. The van der Waals surface area contributed by atoms with Crippen LogP contribution in [0.5, 0.6) is 0 Å². The van der Waals surface area contributed by atoms with Gasteiger partial charge in [-0.25, -0.2) is 4.39 Å². The fraction of sp³-hybridized carbons (Fsp3) is 0.286. The molecule has 0 bridgehead atoms. The van der Waals surface area contributed by atoms with Crippen LogP contribution in [0.15, 0.2) is 48.5 Å². The Morgan fingerprint density at radius 3 is 2.18 bits per heavy atom. The van der Waals surface area contributed by atoms with Gasteiger partial charge in [0.05, 0.1) is 6.42 Å². The van der Waals surface area contributed by atoms with Crippen molar-refractivity contribution < 1.29 is 18.8 Å². The first-order valence-corrected chi connectivity index (χ1v) is 9.21. The zero-order chi connectivity index (χ0) is 19.9. The number of hydrogen-bond donors (Lipinski definition) is 3. The molecule has 0 aliphatic heterocycles. The van der Waals surface area contributed by atoms with E-state index in [9.17, 15) is 18.8 Å². The summed E-state index contributed by atoms with van der Waals surface area (Å²) in [6.07, 6.45) is 2.03. The molecular weight excluding hydrogens is 361 g/mol. The van der Waals surface area contributed by atoms with Gasteiger partial charge in [0, 0.05) is 30.3 Å². The SMILES string of the molecule is O=C(Cc1ccc(F)cc1)Nc1ccc(C(=O)NCCNC(=O)C2CC2)cc1. The maximum Gasteiger partial charge on any atom is 0.251 e. The Bertz CT molecular complexity index is 846. The van der Waals surface area contributed by atoms with Crippen molar-refractivity contribution in [2.75, 3.05) is 18.4 Å². The number of anilines is 1. The van der Waals surface area contributed by atoms with E-state index in [-0.39, 0.29) is 35.9 Å². The quantitative estimate of drug-likeness (QED) is 0.611. The van der Waals surface area contributed by atoms with Gasteiger partial charge < -0.3 is 16.0 Å². The van der Waals surface area contributed by atoms with Crippen LogP contribution in [-0.4, -0.2) is 30.8 Å². The lowest BCUT2D eigenvalue weighted by Gasteiger charge is -2.08. The largest absolute Gasteiger partial charge is 0.354 e. The maximum atomic E-state index is 12.9. The van der Waals surface area contributed by atoms with Gasteiger partial charge in [0.15, 0.2) is 0 Å². The summed E-state index contributed by atoms with van der Waals surface area (Å²) in [5, 5.41) is 8.26. The minimum atomic E-state index is -0.344. The molecule has 0 saturated heterocycles. The normalized spacial score (nSPS) is 12.9. The summed E-state index contributed by atoms with van der Waals surface area (Å²) in [6.45, 7) is 0.756. The predicted octanol–water partition coefficient (Wildman–Crippen LogP) is 2.26. The molecule has 2 aromatic rings. The summed E-state index contributed by atoms with van der Waals surface area (Å²) in [7, 11) is 0. The second kappa shape index (κ2) is 9.12. The van der Waals surface area contributed by atoms with Gasteiger partial charge in [-0.3, -0.25) is 14.4 Å². The molecule has 0 radical (unpaired) electrons. The second-order valence-electron chi connectivity index (χ2n) is 6.75. The predicted molar refractivity (Wildman–Crippen MR) is 103 cm³/mol. The highest BCUT2D eigenvalue weighted by atomic mass is 19.1. The maximum absolute atomic E-state index is 12.9. The Labute approximate surface area is 162 Å². The van der Waals surface area contributed by atoms with E-state index in [0.717, 1.165) is 12.8 Å². The lowest BCUT2D eigenvalue weighted by molar-refractivity contribution is -0.122. The van der Waals surface area contributed by atoms with Gasteiger partial charge in [0.2, 0.25) is 11.8 Å². The molecule has 3 amide bonds. The van der Waals surface area contributed by atoms with Gasteiger partial charge >= 0.3 is 0 Å². The smallest absolute Gasteiger partial charge is 0.251 e. The topological polar surface area (TPSA) is 87.3 Å². The summed E-state index contributed by atoms with van der Waals surface area (Å²) in [5.74, 6) is -0.611. The molecule has 1 aliphatic carbocycles. The molecule has 0 aromatic heterocycles. The van der Waals surface area contributed by atoms with Gasteiger partial charge in [0.1, 0.15) is 5.82 Å². The first kappa shape index (κ1) is 19.5. The Morgan fingerprint density at radius 2 is 1.54 bits per heavy atom. The first-order valence-electron chi connectivity index (χ1n) is 9.21. The van der Waals surface area contributed by atoms with Crippen molar-refractivity contribution in [1.29, 1.82) is 0 Å². The van der Waals surface area contributed by atoms with Crippen LogP contribution >= 0.6 is 0 Å². The van der Waals surface area contributed by atoms with E-state index < -0.39 is 0 Å². The van der Waals surface area contributed by atoms with Gasteiger partial charge in [-0.2, -0.15) is 0 Å². The van der Waals surface area contributed by atoms with Crippen molar-refractivity contribution in [3.8, 4) is 0 Å². The van der Waals surface area contributed by atoms with Crippen LogP contribution < -0.4 is 16.0 Å². The lowest BCUT2D eigenvalue weighted by Crippen LogP contribution is -2.35. The molecule has 28 heavy (non-hydrogen) atoms. The monoisotopic (exact) mass is 383 g/mol. The Morgan fingerprint density at radius 1 is 0.893 bits per heavy atom. The summed E-state index contributed by atoms with van der Waals surface area (Å²) in [4.78, 5) is 35.6. The van der Waals surface area contributed by atoms with E-state index in [4.69, 9.17) is 0 Å². The highest BCUT2D eigenvalue weighted by Gasteiger charge is 2.28. The number of hydrogen-bond acceptors (Lipinski definition) is 3. The van der Waals surface area contributed by atoms with Gasteiger partial charge in [-0.15, -0.1) is 0 Å². The molecule has 6 nitrogen and oxygen atoms in total. The fourth-order valence-electron chi connectivity index (χ4n) is 2.65. The van der Waals surface area contributed by atoms with E-state index in [0.29, 0.717) is 29.9 Å². The third-order valence-electron chi connectivity index (χ3n) is 4.37. The number of carbonyl (C=O) groups is 3. The van der Waals surface area contributed by atoms with Crippen molar-refractivity contribution in [3.63, 3.8) is 0 Å². The van der Waals surface area contributed by atoms with E-state index in [2.05, 4.69) is 16.0 Å². The molecule has 3 rings (SSSR count). The fourth-order valence-corrected chi connectivity index (χ4v) is 2.65. The number of carbonyl (C=O) groups excluding carboxylic acids is 3. The summed E-state index contributed by atoms with van der Waals surface area (Å²) >= 11 is 0. The van der Waals surface area contributed by atoms with Gasteiger partial charge in [-0.05, 0) is 54.8 Å². The van der Waals surface area contributed by atoms with Crippen molar-refractivity contribution in [1.82, 2.24) is 10.6 Å². The third-order valence-corrected chi connectivity index (χ3v) is 4.37. The highest BCUT2D eigenvalue weighted by Crippen LogP contribution is 2.28. The molecule has 3 N–H and O–H groups in total. The van der Waals surface area contributed by atoms with Crippen LogP contribution in [0.2, 0.25) is 0 Å². The van der Waals surface area contributed by atoms with Crippen LogP contribution in [0, 0.1) is 11.7 Å². The number of benzene rings is 2. The summed E-state index contributed by atoms with van der Waals surface area (Å²) in [5.41, 5.74) is 1.74.